The van der Waals surface area contributed by atoms with E-state index in [0.29, 0.717) is 13.2 Å². The van der Waals surface area contributed by atoms with Crippen molar-refractivity contribution >= 4 is 11.6 Å². The normalized spacial score (nSPS) is 16.8. The molecule has 0 aliphatic heterocycles. The summed E-state index contributed by atoms with van der Waals surface area (Å²) >= 11 is 0. The molecule has 0 aromatic heterocycles. The van der Waals surface area contributed by atoms with E-state index in [2.05, 4.69) is 5.32 Å². The van der Waals surface area contributed by atoms with Gasteiger partial charge < -0.3 is 15.8 Å². The number of hydrogen-bond acceptors (Lipinski definition) is 3. The van der Waals surface area contributed by atoms with Gasteiger partial charge in [-0.15, -0.1) is 0 Å². The Morgan fingerprint density at radius 3 is 2.83 bits per heavy atom. The third kappa shape index (κ3) is 2.48. The van der Waals surface area contributed by atoms with Crippen LogP contribution < -0.4 is 15.8 Å². The van der Waals surface area contributed by atoms with Gasteiger partial charge >= 0.3 is 0 Å². The molecule has 1 aliphatic rings. The van der Waals surface area contributed by atoms with Crippen LogP contribution in [0.15, 0.2) is 24.3 Å². The molecule has 18 heavy (non-hydrogen) atoms. The van der Waals surface area contributed by atoms with E-state index >= 15 is 0 Å². The van der Waals surface area contributed by atoms with Crippen molar-refractivity contribution in [1.82, 2.24) is 0 Å². The summed E-state index contributed by atoms with van der Waals surface area (Å²) in [5.41, 5.74) is 6.14. The molecule has 1 fully saturated rings. The summed E-state index contributed by atoms with van der Waals surface area (Å²) in [6.45, 7) is 2.97. The number of rotatable bonds is 5. The van der Waals surface area contributed by atoms with Crippen LogP contribution in [0.1, 0.15) is 26.2 Å². The molecule has 1 saturated carbocycles. The van der Waals surface area contributed by atoms with Crippen LogP contribution in [0.3, 0.4) is 0 Å². The fourth-order valence-electron chi connectivity index (χ4n) is 2.22. The molecule has 0 spiro atoms. The van der Waals surface area contributed by atoms with E-state index in [1.807, 2.05) is 31.2 Å². The molecule has 1 amide bonds. The van der Waals surface area contributed by atoms with Gasteiger partial charge in [-0.05, 0) is 31.9 Å². The highest BCUT2D eigenvalue weighted by Gasteiger charge is 2.42. The van der Waals surface area contributed by atoms with Gasteiger partial charge in [0.05, 0.1) is 12.0 Å². The second kappa shape index (κ2) is 5.40. The van der Waals surface area contributed by atoms with Crippen LogP contribution in [0.2, 0.25) is 0 Å². The molecule has 4 nitrogen and oxygen atoms in total. The van der Waals surface area contributed by atoms with Crippen molar-refractivity contribution in [2.45, 2.75) is 26.2 Å². The zero-order valence-corrected chi connectivity index (χ0v) is 10.7. The highest BCUT2D eigenvalue weighted by Crippen LogP contribution is 2.40. The van der Waals surface area contributed by atoms with Gasteiger partial charge in [-0.25, -0.2) is 0 Å². The maximum absolute atomic E-state index is 12.2. The Kier molecular flexibility index (Phi) is 3.87. The number of nitrogens with two attached hydrogens (primary N) is 1. The molecule has 1 aromatic rings. The largest absolute Gasteiger partial charge is 0.494 e. The van der Waals surface area contributed by atoms with E-state index in [4.69, 9.17) is 10.5 Å². The van der Waals surface area contributed by atoms with Crippen LogP contribution in [0.5, 0.6) is 5.75 Å². The molecule has 2 rings (SSSR count). The van der Waals surface area contributed by atoms with Crippen LogP contribution in [0.25, 0.3) is 0 Å². The average molecular weight is 248 g/mol. The molecule has 1 aromatic carbocycles. The van der Waals surface area contributed by atoms with E-state index in [1.165, 1.54) is 0 Å². The summed E-state index contributed by atoms with van der Waals surface area (Å²) < 4.78 is 5.40. The molecule has 0 radical (unpaired) electrons. The predicted octanol–water partition coefficient (Wildman–Crippen LogP) is 2.15. The van der Waals surface area contributed by atoms with Crippen LogP contribution >= 0.6 is 0 Å². The van der Waals surface area contributed by atoms with Crippen molar-refractivity contribution < 1.29 is 9.53 Å². The van der Waals surface area contributed by atoms with E-state index in [0.717, 1.165) is 30.7 Å². The van der Waals surface area contributed by atoms with Crippen molar-refractivity contribution in [3.05, 3.63) is 24.3 Å². The maximum Gasteiger partial charge on any atom is 0.231 e. The third-order valence-electron chi connectivity index (χ3n) is 3.59. The van der Waals surface area contributed by atoms with Crippen molar-refractivity contribution in [1.29, 1.82) is 0 Å². The lowest BCUT2D eigenvalue weighted by Crippen LogP contribution is -2.47. The number of ether oxygens (including phenoxy) is 1. The Morgan fingerprint density at radius 1 is 1.50 bits per heavy atom. The van der Waals surface area contributed by atoms with E-state index in [-0.39, 0.29) is 11.3 Å². The summed E-state index contributed by atoms with van der Waals surface area (Å²) in [6, 6.07) is 7.45. The Bertz CT molecular complexity index is 422. The second-order valence-corrected chi connectivity index (χ2v) is 4.75. The van der Waals surface area contributed by atoms with Crippen molar-refractivity contribution in [2.75, 3.05) is 18.5 Å². The van der Waals surface area contributed by atoms with Gasteiger partial charge in [0, 0.05) is 18.3 Å². The van der Waals surface area contributed by atoms with Crippen LogP contribution in [0.4, 0.5) is 5.69 Å². The molecule has 0 bridgehead atoms. The number of amides is 1. The lowest BCUT2D eigenvalue weighted by Gasteiger charge is -2.39. The summed E-state index contributed by atoms with van der Waals surface area (Å²) in [5.74, 6) is 0.801. The third-order valence-corrected chi connectivity index (χ3v) is 3.59. The van der Waals surface area contributed by atoms with E-state index in [9.17, 15) is 4.79 Å². The van der Waals surface area contributed by atoms with Crippen molar-refractivity contribution in [2.24, 2.45) is 11.1 Å². The summed E-state index contributed by atoms with van der Waals surface area (Å²) in [6.07, 6.45) is 2.87. The average Bonchev–Trinajstić information content (AvgIpc) is 2.29. The zero-order valence-electron chi connectivity index (χ0n) is 10.7. The zero-order chi connectivity index (χ0) is 13.0. The molecule has 3 N–H and O–H groups in total. The lowest BCUT2D eigenvalue weighted by atomic mass is 9.68. The highest BCUT2D eigenvalue weighted by molar-refractivity contribution is 5.96. The Labute approximate surface area is 108 Å². The standard InChI is InChI=1S/C14H20N2O2/c1-2-18-12-6-3-5-11(9-12)16-13(17)14(10-15)7-4-8-14/h3,5-6,9H,2,4,7-8,10,15H2,1H3,(H,16,17). The topological polar surface area (TPSA) is 64.3 Å². The Morgan fingerprint density at radius 2 is 2.28 bits per heavy atom. The molecular weight excluding hydrogens is 228 g/mol. The molecule has 0 heterocycles. The fourth-order valence-corrected chi connectivity index (χ4v) is 2.22. The summed E-state index contributed by atoms with van der Waals surface area (Å²) in [5, 5.41) is 2.94. The van der Waals surface area contributed by atoms with Gasteiger partial charge in [0.25, 0.3) is 0 Å². The number of carbonyl (C=O) groups is 1. The van der Waals surface area contributed by atoms with Crippen LogP contribution in [0, 0.1) is 5.41 Å². The van der Waals surface area contributed by atoms with Gasteiger partial charge in [-0.1, -0.05) is 12.5 Å². The summed E-state index contributed by atoms with van der Waals surface area (Å²) in [7, 11) is 0. The minimum Gasteiger partial charge on any atom is -0.494 e. The smallest absolute Gasteiger partial charge is 0.231 e. The van der Waals surface area contributed by atoms with Gasteiger partial charge in [0.2, 0.25) is 5.91 Å². The first kappa shape index (κ1) is 12.9. The quantitative estimate of drug-likeness (QED) is 0.839. The number of anilines is 1. The number of carbonyl (C=O) groups excluding carboxylic acids is 1. The van der Waals surface area contributed by atoms with Gasteiger partial charge in [-0.2, -0.15) is 0 Å². The molecule has 98 valence electrons. The Hall–Kier alpha value is -1.55. The Balaban J connectivity index is 2.04. The first-order chi connectivity index (χ1) is 8.70. The lowest BCUT2D eigenvalue weighted by molar-refractivity contribution is -0.129. The van der Waals surface area contributed by atoms with Gasteiger partial charge in [0.15, 0.2) is 0 Å². The van der Waals surface area contributed by atoms with Crippen molar-refractivity contribution in [3.63, 3.8) is 0 Å². The number of hydrogen-bond donors (Lipinski definition) is 2. The molecule has 0 atom stereocenters. The summed E-state index contributed by atoms with van der Waals surface area (Å²) in [4.78, 5) is 12.2. The van der Waals surface area contributed by atoms with Crippen LogP contribution in [-0.4, -0.2) is 19.1 Å². The predicted molar refractivity (Wildman–Crippen MR) is 71.6 cm³/mol. The monoisotopic (exact) mass is 248 g/mol. The first-order valence-corrected chi connectivity index (χ1v) is 6.44. The SMILES string of the molecule is CCOc1cccc(NC(=O)C2(CN)CCC2)c1. The van der Waals surface area contributed by atoms with Gasteiger partial charge in [0.1, 0.15) is 5.75 Å². The van der Waals surface area contributed by atoms with Crippen molar-refractivity contribution in [3.8, 4) is 5.75 Å². The second-order valence-electron chi connectivity index (χ2n) is 4.75. The fraction of sp³-hybridized carbons (Fsp3) is 0.500. The minimum atomic E-state index is -0.346. The van der Waals surface area contributed by atoms with E-state index < -0.39 is 0 Å². The minimum absolute atomic E-state index is 0.0323. The molecular formula is C14H20N2O2. The number of benzene rings is 1. The first-order valence-electron chi connectivity index (χ1n) is 6.44. The van der Waals surface area contributed by atoms with Gasteiger partial charge in [-0.3, -0.25) is 4.79 Å². The van der Waals surface area contributed by atoms with E-state index in [1.54, 1.807) is 0 Å². The number of nitrogens with one attached hydrogen (secondary N) is 1. The molecule has 1 aliphatic carbocycles. The molecule has 0 saturated heterocycles. The maximum atomic E-state index is 12.2. The molecule has 4 heteroatoms. The van der Waals surface area contributed by atoms with Crippen LogP contribution in [-0.2, 0) is 4.79 Å². The molecule has 0 unspecified atom stereocenters. The highest BCUT2D eigenvalue weighted by atomic mass is 16.5.